The minimum atomic E-state index is -0.823. The molecule has 0 unspecified atom stereocenters. The number of carboxylic acids is 1. The Morgan fingerprint density at radius 2 is 2.38 bits per heavy atom. The van der Waals surface area contributed by atoms with Crippen LogP contribution >= 0.6 is 11.3 Å². The fourth-order valence-electron chi connectivity index (χ4n) is 0.975. The van der Waals surface area contributed by atoms with Gasteiger partial charge in [-0.15, -0.1) is 11.3 Å². The molecule has 13 heavy (non-hydrogen) atoms. The fraction of sp³-hybridized carbons (Fsp3) is 0.500. The zero-order valence-electron chi connectivity index (χ0n) is 7.53. The predicted octanol–water partition coefficient (Wildman–Crippen LogP) is 1.23. The minimum Gasteiger partial charge on any atom is -0.481 e. The highest BCUT2D eigenvalue weighted by Crippen LogP contribution is 2.19. The highest BCUT2D eigenvalue weighted by molar-refractivity contribution is 7.11. The van der Waals surface area contributed by atoms with E-state index in [2.05, 4.69) is 4.98 Å². The SMILES string of the molecule is COCc1nc(C)c(CC(=O)O)s1. The van der Waals surface area contributed by atoms with Crippen molar-refractivity contribution in [1.82, 2.24) is 4.98 Å². The number of ether oxygens (including phenoxy) is 1. The molecular weight excluding hydrogens is 190 g/mol. The topological polar surface area (TPSA) is 59.4 Å². The molecule has 1 aromatic heterocycles. The number of aryl methyl sites for hydroxylation is 1. The molecule has 5 heteroatoms. The molecular formula is C8H11NO3S. The number of nitrogens with zero attached hydrogens (tertiary/aromatic N) is 1. The van der Waals surface area contributed by atoms with Crippen LogP contribution in [0.15, 0.2) is 0 Å². The van der Waals surface area contributed by atoms with Crippen LogP contribution in [0.3, 0.4) is 0 Å². The summed E-state index contributed by atoms with van der Waals surface area (Å²) in [6, 6.07) is 0. The van der Waals surface area contributed by atoms with E-state index in [1.165, 1.54) is 11.3 Å². The van der Waals surface area contributed by atoms with E-state index in [9.17, 15) is 4.79 Å². The quantitative estimate of drug-likeness (QED) is 0.795. The van der Waals surface area contributed by atoms with E-state index in [0.717, 1.165) is 15.6 Å². The van der Waals surface area contributed by atoms with Crippen molar-refractivity contribution in [2.45, 2.75) is 20.0 Å². The molecule has 1 N–H and O–H groups in total. The molecule has 1 aromatic rings. The number of hydrogen-bond acceptors (Lipinski definition) is 4. The highest BCUT2D eigenvalue weighted by atomic mass is 32.1. The van der Waals surface area contributed by atoms with Crippen LogP contribution in [0.4, 0.5) is 0 Å². The number of hydrogen-bond donors (Lipinski definition) is 1. The third-order valence-corrected chi connectivity index (χ3v) is 2.65. The number of aromatic nitrogens is 1. The molecule has 0 saturated heterocycles. The summed E-state index contributed by atoms with van der Waals surface area (Å²) >= 11 is 1.40. The van der Waals surface area contributed by atoms with Gasteiger partial charge in [-0.25, -0.2) is 4.98 Å². The fourth-order valence-corrected chi connectivity index (χ4v) is 2.01. The van der Waals surface area contributed by atoms with Crippen molar-refractivity contribution in [2.24, 2.45) is 0 Å². The molecule has 0 aromatic carbocycles. The van der Waals surface area contributed by atoms with Gasteiger partial charge in [0, 0.05) is 12.0 Å². The first-order valence-electron chi connectivity index (χ1n) is 3.79. The van der Waals surface area contributed by atoms with E-state index < -0.39 is 5.97 Å². The number of thiazole rings is 1. The van der Waals surface area contributed by atoms with Crippen LogP contribution in [0.1, 0.15) is 15.6 Å². The Balaban J connectivity index is 2.77. The Morgan fingerprint density at radius 1 is 1.69 bits per heavy atom. The van der Waals surface area contributed by atoms with Crippen molar-refractivity contribution < 1.29 is 14.6 Å². The summed E-state index contributed by atoms with van der Waals surface area (Å²) in [5.41, 5.74) is 0.791. The first kappa shape index (κ1) is 10.1. The molecule has 72 valence electrons. The zero-order chi connectivity index (χ0) is 9.84. The maximum absolute atomic E-state index is 10.4. The van der Waals surface area contributed by atoms with Gasteiger partial charge >= 0.3 is 5.97 Å². The molecule has 1 heterocycles. The first-order valence-corrected chi connectivity index (χ1v) is 4.61. The van der Waals surface area contributed by atoms with E-state index in [-0.39, 0.29) is 6.42 Å². The van der Waals surface area contributed by atoms with Gasteiger partial charge in [0.2, 0.25) is 0 Å². The van der Waals surface area contributed by atoms with Gasteiger partial charge in [-0.3, -0.25) is 4.79 Å². The van der Waals surface area contributed by atoms with Crippen molar-refractivity contribution in [2.75, 3.05) is 7.11 Å². The van der Waals surface area contributed by atoms with E-state index in [1.807, 2.05) is 6.92 Å². The molecule has 0 aliphatic carbocycles. The number of aliphatic carboxylic acids is 1. The number of rotatable bonds is 4. The Kier molecular flexibility index (Phi) is 3.39. The molecule has 0 aliphatic rings. The predicted molar refractivity (Wildman–Crippen MR) is 48.9 cm³/mol. The molecule has 1 rings (SSSR count). The summed E-state index contributed by atoms with van der Waals surface area (Å²) in [5.74, 6) is -0.823. The Bertz CT molecular complexity index is 308. The Hall–Kier alpha value is -0.940. The van der Waals surface area contributed by atoms with Gasteiger partial charge in [-0.1, -0.05) is 0 Å². The third-order valence-electron chi connectivity index (χ3n) is 1.52. The average molecular weight is 201 g/mol. The van der Waals surface area contributed by atoms with Gasteiger partial charge in [0.05, 0.1) is 18.7 Å². The van der Waals surface area contributed by atoms with E-state index in [0.29, 0.717) is 6.61 Å². The van der Waals surface area contributed by atoms with E-state index in [4.69, 9.17) is 9.84 Å². The lowest BCUT2D eigenvalue weighted by Crippen LogP contribution is -1.99. The lowest BCUT2D eigenvalue weighted by atomic mass is 10.3. The monoisotopic (exact) mass is 201 g/mol. The van der Waals surface area contributed by atoms with Crippen molar-refractivity contribution in [1.29, 1.82) is 0 Å². The van der Waals surface area contributed by atoms with Crippen LogP contribution < -0.4 is 0 Å². The smallest absolute Gasteiger partial charge is 0.308 e. The van der Waals surface area contributed by atoms with Gasteiger partial charge in [-0.05, 0) is 6.92 Å². The second-order valence-electron chi connectivity index (χ2n) is 2.62. The van der Waals surface area contributed by atoms with Gasteiger partial charge in [0.25, 0.3) is 0 Å². The third kappa shape index (κ3) is 2.78. The van der Waals surface area contributed by atoms with Crippen LogP contribution in [0, 0.1) is 6.92 Å². The van der Waals surface area contributed by atoms with Crippen molar-refractivity contribution in [3.63, 3.8) is 0 Å². The van der Waals surface area contributed by atoms with Crippen LogP contribution in [0.5, 0.6) is 0 Å². The highest BCUT2D eigenvalue weighted by Gasteiger charge is 2.10. The minimum absolute atomic E-state index is 0.0488. The van der Waals surface area contributed by atoms with Crippen LogP contribution in [0.2, 0.25) is 0 Å². The Morgan fingerprint density at radius 3 is 2.92 bits per heavy atom. The van der Waals surface area contributed by atoms with E-state index in [1.54, 1.807) is 7.11 Å². The van der Waals surface area contributed by atoms with Crippen molar-refractivity contribution in [3.8, 4) is 0 Å². The normalized spacial score (nSPS) is 10.3. The molecule has 4 nitrogen and oxygen atoms in total. The molecule has 0 fully saturated rings. The summed E-state index contributed by atoms with van der Waals surface area (Å²) in [6.07, 6.45) is 0.0488. The second kappa shape index (κ2) is 4.34. The molecule has 0 saturated carbocycles. The van der Waals surface area contributed by atoms with Gasteiger partial charge in [-0.2, -0.15) is 0 Å². The lowest BCUT2D eigenvalue weighted by molar-refractivity contribution is -0.136. The zero-order valence-corrected chi connectivity index (χ0v) is 8.35. The first-order chi connectivity index (χ1) is 6.13. The molecule has 0 amide bonds. The summed E-state index contributed by atoms with van der Waals surface area (Å²) in [4.78, 5) is 15.4. The molecule has 0 bridgehead atoms. The van der Waals surface area contributed by atoms with E-state index >= 15 is 0 Å². The van der Waals surface area contributed by atoms with Crippen LogP contribution in [0.25, 0.3) is 0 Å². The van der Waals surface area contributed by atoms with Gasteiger partial charge in [0.15, 0.2) is 0 Å². The summed E-state index contributed by atoms with van der Waals surface area (Å²) in [7, 11) is 1.59. The summed E-state index contributed by atoms with van der Waals surface area (Å²) in [6.45, 7) is 2.26. The summed E-state index contributed by atoms with van der Waals surface area (Å²) < 4.78 is 4.90. The molecule has 0 aliphatic heterocycles. The summed E-state index contributed by atoms with van der Waals surface area (Å²) in [5, 5.41) is 9.41. The molecule has 0 atom stereocenters. The second-order valence-corrected chi connectivity index (χ2v) is 3.79. The largest absolute Gasteiger partial charge is 0.481 e. The maximum atomic E-state index is 10.4. The van der Waals surface area contributed by atoms with Gasteiger partial charge in [0.1, 0.15) is 5.01 Å². The van der Waals surface area contributed by atoms with Gasteiger partial charge < -0.3 is 9.84 Å². The maximum Gasteiger partial charge on any atom is 0.308 e. The van der Waals surface area contributed by atoms with Crippen molar-refractivity contribution in [3.05, 3.63) is 15.6 Å². The van der Waals surface area contributed by atoms with Crippen molar-refractivity contribution >= 4 is 17.3 Å². The lowest BCUT2D eigenvalue weighted by Gasteiger charge is -1.90. The van der Waals surface area contributed by atoms with Crippen LogP contribution in [-0.4, -0.2) is 23.2 Å². The van der Waals surface area contributed by atoms with Crippen LogP contribution in [-0.2, 0) is 22.6 Å². The molecule has 0 spiro atoms. The standard InChI is InChI=1S/C8H11NO3S/c1-5-6(3-8(10)11)13-7(9-5)4-12-2/h3-4H2,1-2H3,(H,10,11). The number of carbonyl (C=O) groups is 1. The average Bonchev–Trinajstić information content (AvgIpc) is 2.31. The Labute approximate surface area is 80.2 Å². The number of methoxy groups -OCH3 is 1. The number of carboxylic acid groups (broad SMARTS) is 1. The molecule has 0 radical (unpaired) electrons.